The number of hydrogen-bond donors (Lipinski definition) is 2. The average molecular weight is 642 g/mol. The van der Waals surface area contributed by atoms with Crippen molar-refractivity contribution in [1.29, 1.82) is 0 Å². The first-order valence-electron chi connectivity index (χ1n) is 15.0. The van der Waals surface area contributed by atoms with Crippen molar-refractivity contribution in [3.63, 3.8) is 0 Å². The number of nitrogens with zero attached hydrogens (tertiary/aromatic N) is 2. The molecule has 2 fully saturated rings. The summed E-state index contributed by atoms with van der Waals surface area (Å²) < 4.78 is 14.4. The van der Waals surface area contributed by atoms with Crippen LogP contribution in [0.15, 0.2) is 66.2 Å². The minimum absolute atomic E-state index is 0.0631. The van der Waals surface area contributed by atoms with E-state index < -0.39 is 0 Å². The van der Waals surface area contributed by atoms with Crippen LogP contribution >= 0.6 is 34.8 Å². The first kappa shape index (κ1) is 30.6. The number of nitrogens with one attached hydrogen (secondary N) is 2. The highest BCUT2D eigenvalue weighted by molar-refractivity contribution is 6.42. The van der Waals surface area contributed by atoms with Crippen LogP contribution < -0.4 is 10.6 Å². The Balaban J connectivity index is 1.27. The number of hydrogen-bond acceptors (Lipinski definition) is 4. The Labute approximate surface area is 268 Å². The number of rotatable bonds is 10. The highest BCUT2D eigenvalue weighted by atomic mass is 35.5. The zero-order valence-electron chi connectivity index (χ0n) is 24.2. The van der Waals surface area contributed by atoms with Gasteiger partial charge in [0.15, 0.2) is 0 Å². The van der Waals surface area contributed by atoms with Gasteiger partial charge in [-0.1, -0.05) is 84.2 Å². The maximum Gasteiger partial charge on any atom is 0.252 e. The fourth-order valence-electron chi connectivity index (χ4n) is 6.26. The maximum absolute atomic E-state index is 14.4. The third-order valence-corrected chi connectivity index (χ3v) is 9.96. The molecule has 0 spiro atoms. The fourth-order valence-corrected chi connectivity index (χ4v) is 6.86. The second kappa shape index (κ2) is 13.3. The smallest absolute Gasteiger partial charge is 0.252 e. The van der Waals surface area contributed by atoms with Gasteiger partial charge in [0.05, 0.1) is 16.1 Å². The zero-order valence-corrected chi connectivity index (χ0v) is 26.5. The van der Waals surface area contributed by atoms with Gasteiger partial charge in [0, 0.05) is 61.0 Å². The maximum atomic E-state index is 14.4. The van der Waals surface area contributed by atoms with Crippen molar-refractivity contribution in [1.82, 2.24) is 20.4 Å². The van der Waals surface area contributed by atoms with Crippen molar-refractivity contribution < 1.29 is 9.18 Å². The molecule has 1 aliphatic carbocycles. The lowest BCUT2D eigenvalue weighted by Crippen LogP contribution is -2.60. The lowest BCUT2D eigenvalue weighted by molar-refractivity contribution is -0.128. The molecule has 2 heterocycles. The predicted octanol–water partition coefficient (Wildman–Crippen LogP) is 7.09. The molecular weight excluding hydrogens is 606 g/mol. The van der Waals surface area contributed by atoms with E-state index >= 15 is 0 Å². The van der Waals surface area contributed by atoms with E-state index in [2.05, 4.69) is 46.7 Å². The quantitative estimate of drug-likeness (QED) is 0.248. The number of carbonyl (C=O) groups excluding carboxylic acids is 1. The average Bonchev–Trinajstić information content (AvgIpc) is 3.85. The molecule has 0 unspecified atom stereocenters. The summed E-state index contributed by atoms with van der Waals surface area (Å²) in [6.07, 6.45) is 2.76. The summed E-state index contributed by atoms with van der Waals surface area (Å²) in [6, 6.07) is 19.3. The largest absolute Gasteiger partial charge is 0.331 e. The summed E-state index contributed by atoms with van der Waals surface area (Å²) in [6.45, 7) is 5.93. The first-order valence-corrected chi connectivity index (χ1v) is 16.1. The third kappa shape index (κ3) is 6.80. The van der Waals surface area contributed by atoms with E-state index in [0.717, 1.165) is 60.2 Å². The number of amides is 1. The van der Waals surface area contributed by atoms with Crippen molar-refractivity contribution >= 4 is 46.3 Å². The Hall–Kier alpha value is -2.45. The van der Waals surface area contributed by atoms with Crippen molar-refractivity contribution in [3.8, 4) is 0 Å². The Morgan fingerprint density at radius 3 is 2.40 bits per heavy atom. The first-order chi connectivity index (χ1) is 20.8. The summed E-state index contributed by atoms with van der Waals surface area (Å²) in [5.41, 5.74) is 5.53. The van der Waals surface area contributed by atoms with Gasteiger partial charge < -0.3 is 15.5 Å². The molecular formula is C34H36Cl3FN4O. The number of benzene rings is 3. The Morgan fingerprint density at radius 2 is 1.67 bits per heavy atom. The molecule has 3 aliphatic rings. The monoisotopic (exact) mass is 640 g/mol. The van der Waals surface area contributed by atoms with Gasteiger partial charge in [-0.2, -0.15) is 0 Å². The molecule has 2 bridgehead atoms. The third-order valence-electron chi connectivity index (χ3n) is 8.75. The molecule has 3 aromatic carbocycles. The van der Waals surface area contributed by atoms with Gasteiger partial charge in [-0.25, -0.2) is 4.39 Å². The molecule has 43 heavy (non-hydrogen) atoms. The van der Waals surface area contributed by atoms with E-state index in [1.807, 2.05) is 17.0 Å². The second-order valence-corrected chi connectivity index (χ2v) is 12.9. The van der Waals surface area contributed by atoms with E-state index in [4.69, 9.17) is 34.8 Å². The molecule has 9 heteroatoms. The van der Waals surface area contributed by atoms with Crippen LogP contribution in [0.5, 0.6) is 0 Å². The lowest BCUT2D eigenvalue weighted by atomic mass is 9.83. The zero-order chi connectivity index (χ0) is 30.1. The van der Waals surface area contributed by atoms with E-state index in [1.165, 1.54) is 6.07 Å². The minimum Gasteiger partial charge on any atom is -0.331 e. The Bertz CT molecular complexity index is 1500. The molecule has 0 aromatic heterocycles. The van der Waals surface area contributed by atoms with Gasteiger partial charge in [0.1, 0.15) is 5.82 Å². The fraction of sp³-hybridized carbons (Fsp3) is 0.382. The van der Waals surface area contributed by atoms with Crippen LogP contribution in [-0.4, -0.2) is 53.5 Å². The SMILES string of the molecule is CCN(Cc1ccc(C2=C(C(=O)N(Cc3cccc(Cl)c3Cl)C3CC3)[C@H]3CNC[C@H](C2)N3)cc1)Cc1c(F)cccc1Cl. The normalized spacial score (nSPS) is 20.0. The van der Waals surface area contributed by atoms with Crippen molar-refractivity contribution in [2.45, 2.75) is 63.9 Å². The summed E-state index contributed by atoms with van der Waals surface area (Å²) >= 11 is 19.2. The van der Waals surface area contributed by atoms with Crippen LogP contribution in [0.3, 0.4) is 0 Å². The van der Waals surface area contributed by atoms with Crippen LogP contribution in [0, 0.1) is 5.82 Å². The highest BCUT2D eigenvalue weighted by Crippen LogP contribution is 2.37. The molecule has 2 aliphatic heterocycles. The molecule has 3 aromatic rings. The molecule has 6 rings (SSSR count). The Morgan fingerprint density at radius 1 is 0.930 bits per heavy atom. The van der Waals surface area contributed by atoms with Gasteiger partial charge in [-0.05, 0) is 66.3 Å². The number of halogens is 4. The van der Waals surface area contributed by atoms with E-state index in [9.17, 15) is 9.18 Å². The standard InChI is InChI=1S/C34H36Cl3FN4O/c1-2-41(20-27-28(35)6-4-8-30(27)38)18-21-9-11-22(12-10-21)26-15-24-16-39-17-31(40-24)32(26)34(43)42(25-13-14-25)19-23-5-3-7-29(36)33(23)37/h3-12,24-25,31,39-40H,2,13-20H2,1H3/t24-,31+/m0/s1. The van der Waals surface area contributed by atoms with Crippen LogP contribution in [-0.2, 0) is 24.4 Å². The minimum atomic E-state index is -0.283. The summed E-state index contributed by atoms with van der Waals surface area (Å²) in [4.78, 5) is 18.6. The molecule has 1 amide bonds. The molecule has 5 nitrogen and oxygen atoms in total. The highest BCUT2D eigenvalue weighted by Gasteiger charge is 2.41. The number of piperazine rings is 1. The lowest BCUT2D eigenvalue weighted by Gasteiger charge is -2.41. The van der Waals surface area contributed by atoms with Crippen LogP contribution in [0.25, 0.3) is 5.57 Å². The molecule has 2 atom stereocenters. The molecule has 0 radical (unpaired) electrons. The van der Waals surface area contributed by atoms with Crippen LogP contribution in [0.1, 0.15) is 48.4 Å². The van der Waals surface area contributed by atoms with Gasteiger partial charge >= 0.3 is 0 Å². The van der Waals surface area contributed by atoms with Crippen LogP contribution in [0.4, 0.5) is 4.39 Å². The molecule has 226 valence electrons. The van der Waals surface area contributed by atoms with Gasteiger partial charge in [-0.3, -0.25) is 9.69 Å². The molecule has 2 N–H and O–H groups in total. The number of carbonyl (C=O) groups is 1. The van der Waals surface area contributed by atoms with Gasteiger partial charge in [-0.15, -0.1) is 0 Å². The second-order valence-electron chi connectivity index (χ2n) is 11.7. The Kier molecular flexibility index (Phi) is 9.43. The summed E-state index contributed by atoms with van der Waals surface area (Å²) in [5, 5.41) is 8.66. The van der Waals surface area contributed by atoms with Crippen molar-refractivity contribution in [2.75, 3.05) is 19.6 Å². The van der Waals surface area contributed by atoms with Crippen molar-refractivity contribution in [3.05, 3.63) is 109 Å². The van der Waals surface area contributed by atoms with Gasteiger partial charge in [0.25, 0.3) is 5.91 Å². The van der Waals surface area contributed by atoms with Crippen molar-refractivity contribution in [2.24, 2.45) is 0 Å². The number of fused-ring (bicyclic) bond motifs is 2. The van der Waals surface area contributed by atoms with E-state index in [-0.39, 0.29) is 29.8 Å². The van der Waals surface area contributed by atoms with Gasteiger partial charge in [0.2, 0.25) is 0 Å². The summed E-state index contributed by atoms with van der Waals surface area (Å²) in [5.74, 6) is -0.217. The predicted molar refractivity (Wildman–Crippen MR) is 173 cm³/mol. The van der Waals surface area contributed by atoms with E-state index in [1.54, 1.807) is 18.2 Å². The van der Waals surface area contributed by atoms with Crippen LogP contribution in [0.2, 0.25) is 15.1 Å². The summed E-state index contributed by atoms with van der Waals surface area (Å²) in [7, 11) is 0. The molecule has 1 saturated carbocycles. The molecule has 1 saturated heterocycles. The topological polar surface area (TPSA) is 47.6 Å². The van der Waals surface area contributed by atoms with E-state index in [0.29, 0.717) is 46.8 Å².